The summed E-state index contributed by atoms with van der Waals surface area (Å²) in [6.07, 6.45) is 0.0407. The third-order valence-electron chi connectivity index (χ3n) is 4.55. The van der Waals surface area contributed by atoms with E-state index in [0.29, 0.717) is 17.0 Å². The third-order valence-corrected chi connectivity index (χ3v) is 4.55. The Kier molecular flexibility index (Phi) is 5.40. The van der Waals surface area contributed by atoms with Crippen LogP contribution in [0.15, 0.2) is 54.6 Å². The quantitative estimate of drug-likeness (QED) is 0.813. The summed E-state index contributed by atoms with van der Waals surface area (Å²) in [6.45, 7) is 0.206. The average molecular weight is 368 g/mol. The molecule has 0 spiro atoms. The molecule has 1 heterocycles. The van der Waals surface area contributed by atoms with Gasteiger partial charge < -0.3 is 20.1 Å². The number of carbonyl (C=O) groups excluding carboxylic acids is 2. The van der Waals surface area contributed by atoms with Gasteiger partial charge in [-0.25, -0.2) is 4.79 Å². The van der Waals surface area contributed by atoms with Crippen molar-refractivity contribution in [3.8, 4) is 5.75 Å². The molecule has 0 aliphatic carbocycles. The Morgan fingerprint density at radius 1 is 1.15 bits per heavy atom. The van der Waals surface area contributed by atoms with Crippen LogP contribution in [0.1, 0.15) is 18.0 Å². The standard InChI is InChI=1S/C20H20N2O5/c1-27-16-9-7-15(8-10-16)22-12-14(11-17(22)23)19(24)21-18(20(25)26)13-5-3-2-4-6-13/h2-10,14,18H,11-12H2,1H3,(H,21,24)(H,25,26)/t14?,18-/m1/s1. The lowest BCUT2D eigenvalue weighted by Gasteiger charge is -2.19. The Morgan fingerprint density at radius 2 is 1.81 bits per heavy atom. The molecule has 0 radical (unpaired) electrons. The maximum Gasteiger partial charge on any atom is 0.330 e. The molecule has 0 bridgehead atoms. The molecule has 3 rings (SSSR count). The number of carboxylic acids is 1. The zero-order valence-corrected chi connectivity index (χ0v) is 14.8. The van der Waals surface area contributed by atoms with E-state index in [0.717, 1.165) is 0 Å². The van der Waals surface area contributed by atoms with E-state index in [1.807, 2.05) is 0 Å². The topological polar surface area (TPSA) is 95.9 Å². The van der Waals surface area contributed by atoms with Crippen molar-refractivity contribution in [3.05, 3.63) is 60.2 Å². The van der Waals surface area contributed by atoms with Crippen molar-refractivity contribution in [2.75, 3.05) is 18.6 Å². The van der Waals surface area contributed by atoms with Crippen LogP contribution in [0.2, 0.25) is 0 Å². The zero-order valence-electron chi connectivity index (χ0n) is 14.8. The summed E-state index contributed by atoms with van der Waals surface area (Å²) in [7, 11) is 1.56. The fourth-order valence-corrected chi connectivity index (χ4v) is 3.09. The van der Waals surface area contributed by atoms with Gasteiger partial charge in [0, 0.05) is 18.7 Å². The molecule has 7 nitrogen and oxygen atoms in total. The van der Waals surface area contributed by atoms with Crippen LogP contribution in [0.3, 0.4) is 0 Å². The number of anilines is 1. The van der Waals surface area contributed by atoms with Gasteiger partial charge in [0.2, 0.25) is 11.8 Å². The smallest absolute Gasteiger partial charge is 0.330 e. The minimum absolute atomic E-state index is 0.0407. The van der Waals surface area contributed by atoms with Crippen molar-refractivity contribution in [3.63, 3.8) is 0 Å². The maximum absolute atomic E-state index is 12.6. The number of carboxylic acid groups (broad SMARTS) is 1. The third kappa shape index (κ3) is 4.08. The highest BCUT2D eigenvalue weighted by Gasteiger charge is 2.36. The number of rotatable bonds is 6. The number of nitrogens with one attached hydrogen (secondary N) is 1. The highest BCUT2D eigenvalue weighted by Crippen LogP contribution is 2.27. The van der Waals surface area contributed by atoms with Crippen LogP contribution >= 0.6 is 0 Å². The second-order valence-electron chi connectivity index (χ2n) is 6.29. The van der Waals surface area contributed by atoms with Crippen molar-refractivity contribution >= 4 is 23.5 Å². The van der Waals surface area contributed by atoms with E-state index in [2.05, 4.69) is 5.32 Å². The van der Waals surface area contributed by atoms with Crippen LogP contribution in [-0.2, 0) is 14.4 Å². The molecule has 2 N–H and O–H groups in total. The lowest BCUT2D eigenvalue weighted by atomic mass is 10.0. The van der Waals surface area contributed by atoms with Crippen molar-refractivity contribution < 1.29 is 24.2 Å². The molecule has 1 aliphatic heterocycles. The predicted octanol–water partition coefficient (Wildman–Crippen LogP) is 1.99. The molecule has 1 saturated heterocycles. The first-order chi connectivity index (χ1) is 13.0. The van der Waals surface area contributed by atoms with E-state index >= 15 is 0 Å². The molecular weight excluding hydrogens is 348 g/mol. The molecule has 1 aliphatic rings. The van der Waals surface area contributed by atoms with Crippen LogP contribution in [0.4, 0.5) is 5.69 Å². The van der Waals surface area contributed by atoms with Crippen molar-refractivity contribution in [1.29, 1.82) is 0 Å². The fourth-order valence-electron chi connectivity index (χ4n) is 3.09. The van der Waals surface area contributed by atoms with Gasteiger partial charge in [-0.1, -0.05) is 30.3 Å². The number of methoxy groups -OCH3 is 1. The van der Waals surface area contributed by atoms with Gasteiger partial charge in [-0.2, -0.15) is 0 Å². The Hall–Kier alpha value is -3.35. The summed E-state index contributed by atoms with van der Waals surface area (Å²) in [5, 5.41) is 12.0. The first-order valence-corrected chi connectivity index (χ1v) is 8.52. The molecule has 1 unspecified atom stereocenters. The predicted molar refractivity (Wildman–Crippen MR) is 98.4 cm³/mol. The average Bonchev–Trinajstić information content (AvgIpc) is 3.08. The number of carbonyl (C=O) groups is 3. The fraction of sp³-hybridized carbons (Fsp3) is 0.250. The van der Waals surface area contributed by atoms with Crippen molar-refractivity contribution in [1.82, 2.24) is 5.32 Å². The molecule has 0 aromatic heterocycles. The van der Waals surface area contributed by atoms with Gasteiger partial charge >= 0.3 is 5.97 Å². The molecule has 27 heavy (non-hydrogen) atoms. The number of amides is 2. The summed E-state index contributed by atoms with van der Waals surface area (Å²) < 4.78 is 5.10. The summed E-state index contributed by atoms with van der Waals surface area (Å²) in [5.41, 5.74) is 1.16. The Balaban J connectivity index is 1.70. The highest BCUT2D eigenvalue weighted by molar-refractivity contribution is 6.00. The van der Waals surface area contributed by atoms with Gasteiger partial charge in [0.25, 0.3) is 0 Å². The second-order valence-corrected chi connectivity index (χ2v) is 6.29. The van der Waals surface area contributed by atoms with Crippen LogP contribution < -0.4 is 15.0 Å². The maximum atomic E-state index is 12.6. The van der Waals surface area contributed by atoms with Crippen molar-refractivity contribution in [2.45, 2.75) is 12.5 Å². The van der Waals surface area contributed by atoms with Gasteiger partial charge in [-0.3, -0.25) is 9.59 Å². The van der Waals surface area contributed by atoms with Crippen LogP contribution in [0.25, 0.3) is 0 Å². The van der Waals surface area contributed by atoms with E-state index in [1.165, 1.54) is 4.90 Å². The summed E-state index contributed by atoms with van der Waals surface area (Å²) in [6, 6.07) is 14.3. The molecule has 2 amide bonds. The van der Waals surface area contributed by atoms with Gasteiger partial charge in [-0.05, 0) is 29.8 Å². The van der Waals surface area contributed by atoms with E-state index in [-0.39, 0.29) is 18.9 Å². The number of ether oxygens (including phenoxy) is 1. The van der Waals surface area contributed by atoms with E-state index in [1.54, 1.807) is 61.7 Å². The molecule has 7 heteroatoms. The summed E-state index contributed by atoms with van der Waals surface area (Å²) in [5.74, 6) is -1.70. The van der Waals surface area contributed by atoms with E-state index < -0.39 is 23.8 Å². The number of nitrogens with zero attached hydrogens (tertiary/aromatic N) is 1. The molecular formula is C20H20N2O5. The van der Waals surface area contributed by atoms with E-state index in [4.69, 9.17) is 4.74 Å². The van der Waals surface area contributed by atoms with Gasteiger partial charge in [0.15, 0.2) is 6.04 Å². The first kappa shape index (κ1) is 18.4. The molecule has 140 valence electrons. The SMILES string of the molecule is COc1ccc(N2CC(C(=O)N[C@@H](C(=O)O)c3ccccc3)CC2=O)cc1. The Bertz CT molecular complexity index is 835. The molecule has 1 fully saturated rings. The lowest BCUT2D eigenvalue weighted by Crippen LogP contribution is -2.38. The summed E-state index contributed by atoms with van der Waals surface area (Å²) >= 11 is 0. The summed E-state index contributed by atoms with van der Waals surface area (Å²) in [4.78, 5) is 38.0. The number of benzene rings is 2. The Morgan fingerprint density at radius 3 is 2.41 bits per heavy atom. The first-order valence-electron chi connectivity index (χ1n) is 8.52. The highest BCUT2D eigenvalue weighted by atomic mass is 16.5. The lowest BCUT2D eigenvalue weighted by molar-refractivity contribution is -0.142. The number of hydrogen-bond donors (Lipinski definition) is 2. The molecule has 0 saturated carbocycles. The number of hydrogen-bond acceptors (Lipinski definition) is 4. The van der Waals surface area contributed by atoms with E-state index in [9.17, 15) is 19.5 Å². The van der Waals surface area contributed by atoms with Crippen LogP contribution in [0, 0.1) is 5.92 Å². The zero-order chi connectivity index (χ0) is 19.4. The molecule has 2 atom stereocenters. The minimum atomic E-state index is -1.15. The minimum Gasteiger partial charge on any atom is -0.497 e. The number of aliphatic carboxylic acids is 1. The van der Waals surface area contributed by atoms with Crippen LogP contribution in [-0.4, -0.2) is 36.5 Å². The monoisotopic (exact) mass is 368 g/mol. The van der Waals surface area contributed by atoms with Crippen LogP contribution in [0.5, 0.6) is 5.75 Å². The second kappa shape index (κ2) is 7.90. The normalized spacial score (nSPS) is 17.4. The Labute approximate surface area is 156 Å². The molecule has 2 aromatic carbocycles. The molecule has 2 aromatic rings. The van der Waals surface area contributed by atoms with Gasteiger partial charge in [0.1, 0.15) is 5.75 Å². The largest absolute Gasteiger partial charge is 0.497 e. The van der Waals surface area contributed by atoms with Gasteiger partial charge in [-0.15, -0.1) is 0 Å². The van der Waals surface area contributed by atoms with Gasteiger partial charge in [0.05, 0.1) is 13.0 Å². The van der Waals surface area contributed by atoms with Crippen molar-refractivity contribution in [2.24, 2.45) is 5.92 Å².